The number of hydrogen-bond acceptors (Lipinski definition) is 6. The first-order valence-corrected chi connectivity index (χ1v) is 20.6. The standard InChI is InChI=1S/C46H75NO7/c1-6-8-10-12-14-16-17-18-19-20-21-22-23-24-25-26-27-29-31-33-35-37-45(49)54-42(40-52-39-38-43(46(50)51)47(3,4)5)41-53-44(48)36-34-32-30-28-15-13-11-9-7-2/h8,10,14,16,18-19,21-22,24-25,27-30,42-43H,6-7,9,11-13,15,17,20,23,26,31-41H2,1-5H3/p+1/b10-8+,16-14+,19-18+,22-21+,25-24+,29-27+,30-28+. The molecule has 0 radical (unpaired) electrons. The van der Waals surface area contributed by atoms with E-state index in [-0.39, 0.29) is 42.7 Å². The topological polar surface area (TPSA) is 99.1 Å². The summed E-state index contributed by atoms with van der Waals surface area (Å²) in [5, 5.41) is 9.59. The zero-order chi connectivity index (χ0) is 40.0. The number of aliphatic carboxylic acids is 1. The van der Waals surface area contributed by atoms with E-state index in [0.29, 0.717) is 25.7 Å². The summed E-state index contributed by atoms with van der Waals surface area (Å²) in [7, 11) is 5.48. The van der Waals surface area contributed by atoms with Gasteiger partial charge < -0.3 is 23.8 Å². The molecule has 0 aliphatic carbocycles. The SMILES string of the molecule is CC/C=C/C/C=C/C/C=C/C/C=C/C/C=C/C/C=C/CCCCC(=O)OC(COCCC(C(=O)O)[N+](C)(C)C)COC(=O)CCC/C=C/CCCCCC. The summed E-state index contributed by atoms with van der Waals surface area (Å²) in [4.78, 5) is 36.8. The molecule has 0 spiro atoms. The van der Waals surface area contributed by atoms with Crippen LogP contribution in [0, 0.1) is 0 Å². The molecule has 0 aromatic heterocycles. The van der Waals surface area contributed by atoms with Crippen LogP contribution in [0.1, 0.15) is 136 Å². The largest absolute Gasteiger partial charge is 0.477 e. The summed E-state index contributed by atoms with van der Waals surface area (Å²) < 4.78 is 17.1. The van der Waals surface area contributed by atoms with Gasteiger partial charge in [0.05, 0.1) is 34.4 Å². The highest BCUT2D eigenvalue weighted by Crippen LogP contribution is 2.11. The second-order valence-corrected chi connectivity index (χ2v) is 14.5. The maximum atomic E-state index is 12.7. The van der Waals surface area contributed by atoms with Crippen molar-refractivity contribution in [2.75, 3.05) is 41.0 Å². The van der Waals surface area contributed by atoms with Crippen LogP contribution in [0.5, 0.6) is 0 Å². The normalized spacial score (nSPS) is 13.9. The number of carbonyl (C=O) groups excluding carboxylic acids is 2. The Hall–Kier alpha value is -3.49. The first-order valence-electron chi connectivity index (χ1n) is 20.6. The van der Waals surface area contributed by atoms with Crippen LogP contribution in [0.2, 0.25) is 0 Å². The third-order valence-electron chi connectivity index (χ3n) is 8.53. The van der Waals surface area contributed by atoms with Crippen molar-refractivity contribution in [1.82, 2.24) is 0 Å². The molecular formula is C46H76NO7+. The molecule has 306 valence electrons. The third-order valence-corrected chi connectivity index (χ3v) is 8.53. The van der Waals surface area contributed by atoms with E-state index in [1.165, 1.54) is 25.7 Å². The third kappa shape index (κ3) is 34.3. The van der Waals surface area contributed by atoms with Gasteiger partial charge in [0.25, 0.3) is 0 Å². The Morgan fingerprint density at radius 1 is 0.574 bits per heavy atom. The minimum absolute atomic E-state index is 0.0296. The maximum absolute atomic E-state index is 12.7. The van der Waals surface area contributed by atoms with E-state index in [4.69, 9.17) is 14.2 Å². The van der Waals surface area contributed by atoms with Crippen LogP contribution in [-0.4, -0.2) is 80.6 Å². The lowest BCUT2D eigenvalue weighted by Crippen LogP contribution is -2.50. The summed E-state index contributed by atoms with van der Waals surface area (Å²) >= 11 is 0. The number of carbonyl (C=O) groups is 3. The monoisotopic (exact) mass is 755 g/mol. The van der Waals surface area contributed by atoms with Gasteiger partial charge in [0, 0.05) is 19.3 Å². The quantitative estimate of drug-likeness (QED) is 0.0298. The number of carboxylic acid groups (broad SMARTS) is 1. The number of esters is 2. The fourth-order valence-corrected chi connectivity index (χ4v) is 5.33. The van der Waals surface area contributed by atoms with Gasteiger partial charge in [-0.25, -0.2) is 4.79 Å². The molecule has 2 atom stereocenters. The second kappa shape index (κ2) is 36.5. The minimum Gasteiger partial charge on any atom is -0.477 e. The lowest BCUT2D eigenvalue weighted by molar-refractivity contribution is -0.887. The smallest absolute Gasteiger partial charge is 0.362 e. The Morgan fingerprint density at radius 2 is 1.06 bits per heavy atom. The lowest BCUT2D eigenvalue weighted by Gasteiger charge is -2.31. The van der Waals surface area contributed by atoms with Gasteiger partial charge in [0.15, 0.2) is 12.1 Å². The molecule has 1 N–H and O–H groups in total. The summed E-state index contributed by atoms with van der Waals surface area (Å²) in [6, 6.07) is -0.629. The molecule has 0 saturated heterocycles. The van der Waals surface area contributed by atoms with E-state index in [1.807, 2.05) is 21.1 Å². The van der Waals surface area contributed by atoms with Crippen LogP contribution in [0.4, 0.5) is 0 Å². The molecule has 0 amide bonds. The molecule has 0 bridgehead atoms. The number of unbranched alkanes of at least 4 members (excludes halogenated alkanes) is 7. The number of likely N-dealkylation sites (N-methyl/N-ethyl adjacent to an activating group) is 1. The molecule has 2 unspecified atom stereocenters. The molecule has 0 heterocycles. The Labute approximate surface area is 329 Å². The van der Waals surface area contributed by atoms with E-state index >= 15 is 0 Å². The van der Waals surface area contributed by atoms with Crippen LogP contribution in [0.15, 0.2) is 85.1 Å². The molecule has 0 aliphatic heterocycles. The van der Waals surface area contributed by atoms with Crippen LogP contribution < -0.4 is 0 Å². The molecule has 0 aromatic carbocycles. The highest BCUT2D eigenvalue weighted by atomic mass is 16.6. The first-order chi connectivity index (χ1) is 26.1. The molecule has 54 heavy (non-hydrogen) atoms. The molecule has 0 aromatic rings. The predicted octanol–water partition coefficient (Wildman–Crippen LogP) is 11.0. The summed E-state index contributed by atoms with van der Waals surface area (Å²) in [5.41, 5.74) is 0. The Morgan fingerprint density at radius 3 is 1.57 bits per heavy atom. The second-order valence-electron chi connectivity index (χ2n) is 14.5. The highest BCUT2D eigenvalue weighted by molar-refractivity contribution is 5.72. The van der Waals surface area contributed by atoms with Gasteiger partial charge in [-0.15, -0.1) is 0 Å². The average Bonchev–Trinajstić information content (AvgIpc) is 3.12. The fraction of sp³-hybridized carbons (Fsp3) is 0.630. The summed E-state index contributed by atoms with van der Waals surface area (Å²) in [5.74, 6) is -1.58. The van der Waals surface area contributed by atoms with Gasteiger partial charge in [-0.05, 0) is 83.5 Å². The van der Waals surface area contributed by atoms with Crippen molar-refractivity contribution in [2.45, 2.75) is 148 Å². The predicted molar refractivity (Wildman–Crippen MR) is 224 cm³/mol. The number of quaternary nitrogens is 1. The number of allylic oxidation sites excluding steroid dienone is 14. The van der Waals surface area contributed by atoms with Crippen LogP contribution in [0.25, 0.3) is 0 Å². The van der Waals surface area contributed by atoms with Crippen LogP contribution >= 0.6 is 0 Å². The van der Waals surface area contributed by atoms with Crippen molar-refractivity contribution in [2.24, 2.45) is 0 Å². The van der Waals surface area contributed by atoms with Gasteiger partial charge in [-0.3, -0.25) is 9.59 Å². The van der Waals surface area contributed by atoms with Gasteiger partial charge in [0.1, 0.15) is 6.61 Å². The molecule has 8 heteroatoms. The highest BCUT2D eigenvalue weighted by Gasteiger charge is 2.31. The number of hydrogen-bond donors (Lipinski definition) is 1. The molecule has 0 aliphatic rings. The first kappa shape index (κ1) is 50.5. The number of carboxylic acids is 1. The van der Waals surface area contributed by atoms with Crippen LogP contribution in [-0.2, 0) is 28.6 Å². The Kier molecular flexibility index (Phi) is 34.1. The summed E-state index contributed by atoms with van der Waals surface area (Å²) in [6.45, 7) is 4.48. The van der Waals surface area contributed by atoms with Gasteiger partial charge in [-0.2, -0.15) is 0 Å². The molecule has 0 fully saturated rings. The molecular weight excluding hydrogens is 679 g/mol. The maximum Gasteiger partial charge on any atom is 0.362 e. The zero-order valence-corrected chi connectivity index (χ0v) is 34.6. The minimum atomic E-state index is -0.890. The van der Waals surface area contributed by atoms with Crippen molar-refractivity contribution in [3.05, 3.63) is 85.1 Å². The van der Waals surface area contributed by atoms with Gasteiger partial charge in [0.2, 0.25) is 0 Å². The van der Waals surface area contributed by atoms with E-state index < -0.39 is 18.1 Å². The Bertz CT molecular complexity index is 1160. The van der Waals surface area contributed by atoms with Crippen molar-refractivity contribution < 1.29 is 38.2 Å². The average molecular weight is 755 g/mol. The zero-order valence-electron chi connectivity index (χ0n) is 34.6. The van der Waals surface area contributed by atoms with Crippen molar-refractivity contribution in [3.8, 4) is 0 Å². The number of rotatable bonds is 35. The van der Waals surface area contributed by atoms with Gasteiger partial charge in [-0.1, -0.05) is 118 Å². The van der Waals surface area contributed by atoms with Crippen LogP contribution in [0.3, 0.4) is 0 Å². The molecule has 0 saturated carbocycles. The fourth-order valence-electron chi connectivity index (χ4n) is 5.33. The van der Waals surface area contributed by atoms with E-state index in [9.17, 15) is 19.5 Å². The van der Waals surface area contributed by atoms with Crippen molar-refractivity contribution in [1.29, 1.82) is 0 Å². The summed E-state index contributed by atoms with van der Waals surface area (Å²) in [6.07, 6.45) is 46.4. The van der Waals surface area contributed by atoms with E-state index in [0.717, 1.165) is 64.2 Å². The van der Waals surface area contributed by atoms with E-state index in [1.54, 1.807) is 0 Å². The van der Waals surface area contributed by atoms with E-state index in [2.05, 4.69) is 98.9 Å². The number of nitrogens with zero attached hydrogens (tertiary/aromatic N) is 1. The molecule has 0 rings (SSSR count). The van der Waals surface area contributed by atoms with Gasteiger partial charge >= 0.3 is 17.9 Å². The van der Waals surface area contributed by atoms with Crippen molar-refractivity contribution in [3.63, 3.8) is 0 Å². The Balaban J connectivity index is 4.47. The lowest BCUT2D eigenvalue weighted by atomic mass is 10.1. The molecule has 8 nitrogen and oxygen atoms in total. The van der Waals surface area contributed by atoms with Crippen molar-refractivity contribution >= 4 is 17.9 Å². The number of ether oxygens (including phenoxy) is 3.